The van der Waals surface area contributed by atoms with Gasteiger partial charge in [0.15, 0.2) is 0 Å². The lowest BCUT2D eigenvalue weighted by Gasteiger charge is -2.18. The summed E-state index contributed by atoms with van der Waals surface area (Å²) in [5, 5.41) is 4.23. The van der Waals surface area contributed by atoms with Crippen molar-refractivity contribution in [1.29, 1.82) is 0 Å². The summed E-state index contributed by atoms with van der Waals surface area (Å²) in [6, 6.07) is 13.2. The molecule has 1 aliphatic rings. The molecule has 3 aromatic rings. The number of nitrogens with two attached hydrogens (primary N) is 1. The summed E-state index contributed by atoms with van der Waals surface area (Å²) in [5.74, 6) is 0. The van der Waals surface area contributed by atoms with E-state index in [9.17, 15) is 4.79 Å². The van der Waals surface area contributed by atoms with Crippen molar-refractivity contribution in [2.24, 2.45) is 0 Å². The Morgan fingerprint density at radius 3 is 2.71 bits per heavy atom. The Bertz CT molecular complexity index is 950. The maximum atomic E-state index is 12.0. The predicted octanol–water partition coefficient (Wildman–Crippen LogP) is 4.42. The van der Waals surface area contributed by atoms with Crippen LogP contribution in [0, 0.1) is 0 Å². The molecular weight excluding hydrogens is 324 g/mol. The molecule has 0 bridgehead atoms. The van der Waals surface area contributed by atoms with Crippen molar-refractivity contribution in [3.05, 3.63) is 64.0 Å². The largest absolute Gasteiger partial charge is 0.422 e. The molecular formula is C19H19ClN2O2. The van der Waals surface area contributed by atoms with Gasteiger partial charge in [0, 0.05) is 22.8 Å². The molecule has 1 heterocycles. The molecule has 0 spiro atoms. The minimum atomic E-state index is -0.331. The van der Waals surface area contributed by atoms with Crippen LogP contribution in [0.5, 0.6) is 0 Å². The molecule has 1 aromatic heterocycles. The van der Waals surface area contributed by atoms with Crippen LogP contribution in [0.15, 0.2) is 51.7 Å². The van der Waals surface area contributed by atoms with Crippen LogP contribution < -0.4 is 16.7 Å². The highest BCUT2D eigenvalue weighted by Gasteiger charge is 2.16. The molecule has 0 aliphatic heterocycles. The highest BCUT2D eigenvalue weighted by atomic mass is 35.5. The van der Waals surface area contributed by atoms with E-state index >= 15 is 0 Å². The molecule has 0 saturated heterocycles. The normalized spacial score (nSPS) is 13.2. The second-order valence-corrected chi connectivity index (χ2v) is 6.02. The molecule has 4 rings (SSSR count). The average molecular weight is 343 g/mol. The van der Waals surface area contributed by atoms with Gasteiger partial charge in [0.25, 0.3) is 0 Å². The Kier molecular flexibility index (Phi) is 4.49. The zero-order valence-electron chi connectivity index (χ0n) is 13.2. The molecule has 3 N–H and O–H groups in total. The van der Waals surface area contributed by atoms with Gasteiger partial charge in [-0.25, -0.2) is 4.79 Å². The van der Waals surface area contributed by atoms with Gasteiger partial charge in [-0.3, -0.25) is 0 Å². The molecule has 124 valence electrons. The van der Waals surface area contributed by atoms with E-state index in [0.717, 1.165) is 41.6 Å². The van der Waals surface area contributed by atoms with Crippen LogP contribution in [0.2, 0.25) is 0 Å². The lowest BCUT2D eigenvalue weighted by molar-refractivity contribution is 0.551. The molecule has 2 aromatic carbocycles. The van der Waals surface area contributed by atoms with Crippen LogP contribution in [0.1, 0.15) is 24.0 Å². The van der Waals surface area contributed by atoms with Crippen molar-refractivity contribution in [2.75, 3.05) is 11.1 Å². The van der Waals surface area contributed by atoms with E-state index in [1.54, 1.807) is 0 Å². The molecule has 4 nitrogen and oxygen atoms in total. The fraction of sp³-hybridized carbons (Fsp3) is 0.211. The fourth-order valence-electron chi connectivity index (χ4n) is 3.32. The molecule has 0 saturated carbocycles. The van der Waals surface area contributed by atoms with Crippen molar-refractivity contribution in [3.63, 3.8) is 0 Å². The fourth-order valence-corrected chi connectivity index (χ4v) is 3.32. The minimum Gasteiger partial charge on any atom is -0.422 e. The van der Waals surface area contributed by atoms with Gasteiger partial charge in [-0.1, -0.05) is 12.1 Å². The summed E-state index contributed by atoms with van der Waals surface area (Å²) in [6.45, 7) is 0. The molecule has 24 heavy (non-hydrogen) atoms. The first-order chi connectivity index (χ1) is 11.2. The monoisotopic (exact) mass is 342 g/mol. The molecule has 0 radical (unpaired) electrons. The van der Waals surface area contributed by atoms with Crippen molar-refractivity contribution >= 4 is 40.4 Å². The van der Waals surface area contributed by atoms with Gasteiger partial charge in [0.05, 0.1) is 5.69 Å². The van der Waals surface area contributed by atoms with E-state index in [1.807, 2.05) is 30.3 Å². The number of nitrogens with one attached hydrogen (secondary N) is 1. The smallest absolute Gasteiger partial charge is 0.338 e. The average Bonchev–Trinajstić information content (AvgIpc) is 2.54. The number of fused-ring (bicyclic) bond motifs is 3. The quantitative estimate of drug-likeness (QED) is 0.534. The summed E-state index contributed by atoms with van der Waals surface area (Å²) >= 11 is 0. The van der Waals surface area contributed by atoms with Crippen LogP contribution in [-0.2, 0) is 12.8 Å². The Morgan fingerprint density at radius 1 is 1.04 bits per heavy atom. The standard InChI is InChI=1S/C19H18N2O2.ClH/c20-13-5-3-6-14(10-13)21-17-11-18(22)23-19-15-7-2-1-4-12(15)8-9-16(17)19;/h3,5-6,8-11,21H,1-2,4,7,20H2;1H. The van der Waals surface area contributed by atoms with Crippen molar-refractivity contribution in [1.82, 2.24) is 0 Å². The third kappa shape index (κ3) is 2.97. The second-order valence-electron chi connectivity index (χ2n) is 6.02. The number of hydrogen-bond acceptors (Lipinski definition) is 4. The SMILES string of the molecule is Cl.Nc1cccc(Nc2cc(=O)oc3c4c(ccc23)CCCC4)c1. The summed E-state index contributed by atoms with van der Waals surface area (Å²) in [7, 11) is 0. The molecule has 0 amide bonds. The van der Waals surface area contributed by atoms with Crippen LogP contribution in [-0.4, -0.2) is 0 Å². The van der Waals surface area contributed by atoms with Gasteiger partial charge in [0.1, 0.15) is 5.58 Å². The Labute approximate surface area is 146 Å². The first-order valence-corrected chi connectivity index (χ1v) is 7.92. The minimum absolute atomic E-state index is 0. The van der Waals surface area contributed by atoms with E-state index in [1.165, 1.54) is 23.6 Å². The molecule has 0 unspecified atom stereocenters. The van der Waals surface area contributed by atoms with Crippen molar-refractivity contribution in [3.8, 4) is 0 Å². The Hall–Kier alpha value is -2.46. The van der Waals surface area contributed by atoms with Crippen LogP contribution >= 0.6 is 12.4 Å². The summed E-state index contributed by atoms with van der Waals surface area (Å²) < 4.78 is 5.54. The topological polar surface area (TPSA) is 68.3 Å². The van der Waals surface area contributed by atoms with Crippen molar-refractivity contribution in [2.45, 2.75) is 25.7 Å². The summed E-state index contributed by atoms with van der Waals surface area (Å²) in [5.41, 5.74) is 11.0. The number of halogens is 1. The Balaban J connectivity index is 0.00000169. The van der Waals surface area contributed by atoms with Crippen LogP contribution in [0.4, 0.5) is 17.1 Å². The van der Waals surface area contributed by atoms with E-state index in [2.05, 4.69) is 11.4 Å². The molecule has 1 aliphatic carbocycles. The van der Waals surface area contributed by atoms with Crippen molar-refractivity contribution < 1.29 is 4.42 Å². The lowest BCUT2D eigenvalue weighted by atomic mass is 9.90. The van der Waals surface area contributed by atoms with Gasteiger partial charge >= 0.3 is 5.63 Å². The van der Waals surface area contributed by atoms with Crippen LogP contribution in [0.25, 0.3) is 11.0 Å². The number of hydrogen-bond donors (Lipinski definition) is 2. The highest BCUT2D eigenvalue weighted by molar-refractivity contribution is 5.94. The first kappa shape index (κ1) is 16.4. The molecule has 0 fully saturated rings. The van der Waals surface area contributed by atoms with Gasteiger partial charge in [-0.05, 0) is 61.1 Å². The number of anilines is 3. The maximum absolute atomic E-state index is 12.0. The lowest BCUT2D eigenvalue weighted by Crippen LogP contribution is -2.07. The molecule has 5 heteroatoms. The zero-order chi connectivity index (χ0) is 15.8. The number of rotatable bonds is 2. The number of aryl methyl sites for hydroxylation is 2. The maximum Gasteiger partial charge on any atom is 0.338 e. The first-order valence-electron chi connectivity index (χ1n) is 7.92. The number of nitrogen functional groups attached to an aromatic ring is 1. The van der Waals surface area contributed by atoms with Crippen LogP contribution in [0.3, 0.4) is 0 Å². The van der Waals surface area contributed by atoms with E-state index in [-0.39, 0.29) is 18.0 Å². The number of benzene rings is 2. The highest BCUT2D eigenvalue weighted by Crippen LogP contribution is 2.32. The predicted molar refractivity (Wildman–Crippen MR) is 101 cm³/mol. The van der Waals surface area contributed by atoms with Gasteiger partial charge in [-0.2, -0.15) is 0 Å². The van der Waals surface area contributed by atoms with Gasteiger partial charge < -0.3 is 15.5 Å². The second kappa shape index (κ2) is 6.57. The van der Waals surface area contributed by atoms with Gasteiger partial charge in [0.2, 0.25) is 0 Å². The Morgan fingerprint density at radius 2 is 1.88 bits per heavy atom. The summed E-state index contributed by atoms with van der Waals surface area (Å²) in [4.78, 5) is 12.0. The third-order valence-electron chi connectivity index (χ3n) is 4.40. The van der Waals surface area contributed by atoms with E-state index < -0.39 is 0 Å². The van der Waals surface area contributed by atoms with E-state index in [4.69, 9.17) is 10.2 Å². The summed E-state index contributed by atoms with van der Waals surface area (Å²) in [6.07, 6.45) is 4.37. The third-order valence-corrected chi connectivity index (χ3v) is 4.40. The van der Waals surface area contributed by atoms with Gasteiger partial charge in [-0.15, -0.1) is 12.4 Å². The molecule has 0 atom stereocenters. The van der Waals surface area contributed by atoms with E-state index in [0.29, 0.717) is 5.69 Å². The zero-order valence-corrected chi connectivity index (χ0v) is 14.0.